The zero-order valence-corrected chi connectivity index (χ0v) is 10.8. The molecule has 0 saturated heterocycles. The lowest BCUT2D eigenvalue weighted by Crippen LogP contribution is -2.02. The molecular weight excluding hydrogens is 240 g/mol. The molecule has 0 amide bonds. The monoisotopic (exact) mass is 254 g/mol. The van der Waals surface area contributed by atoms with Crippen LogP contribution in [-0.2, 0) is 0 Å². The molecule has 0 fully saturated rings. The zero-order chi connectivity index (χ0) is 13.2. The van der Waals surface area contributed by atoms with E-state index >= 15 is 0 Å². The molecule has 0 bridgehead atoms. The second kappa shape index (κ2) is 4.68. The Balaban J connectivity index is 2.27. The third-order valence-corrected chi connectivity index (χ3v) is 2.97. The number of fused-ring (bicyclic) bond motifs is 1. The quantitative estimate of drug-likeness (QED) is 0.778. The van der Waals surface area contributed by atoms with E-state index in [0.717, 1.165) is 34.5 Å². The summed E-state index contributed by atoms with van der Waals surface area (Å²) >= 11 is 0. The van der Waals surface area contributed by atoms with Gasteiger partial charge in [-0.15, -0.1) is 10.2 Å². The van der Waals surface area contributed by atoms with E-state index in [2.05, 4.69) is 20.7 Å². The van der Waals surface area contributed by atoms with Gasteiger partial charge in [-0.25, -0.2) is 0 Å². The van der Waals surface area contributed by atoms with Gasteiger partial charge in [-0.3, -0.25) is 0 Å². The van der Waals surface area contributed by atoms with Crippen molar-refractivity contribution in [1.82, 2.24) is 15.4 Å². The van der Waals surface area contributed by atoms with E-state index in [1.165, 1.54) is 0 Å². The Morgan fingerprint density at radius 2 is 1.95 bits per heavy atom. The first-order valence-corrected chi connectivity index (χ1v) is 6.23. The molecule has 19 heavy (non-hydrogen) atoms. The van der Waals surface area contributed by atoms with Crippen molar-refractivity contribution in [2.75, 3.05) is 11.9 Å². The minimum atomic E-state index is 0.661. The van der Waals surface area contributed by atoms with E-state index in [1.807, 2.05) is 44.2 Å². The van der Waals surface area contributed by atoms with Gasteiger partial charge >= 0.3 is 0 Å². The highest BCUT2D eigenvalue weighted by atomic mass is 16.5. The first-order chi connectivity index (χ1) is 9.31. The summed E-state index contributed by atoms with van der Waals surface area (Å²) in [6, 6.07) is 9.93. The smallest absolute Gasteiger partial charge is 0.178 e. The van der Waals surface area contributed by atoms with Gasteiger partial charge in [0, 0.05) is 12.1 Å². The SMILES string of the molecule is CCNc1nnc(-c2ccccc2)c2c(C)onc12. The number of rotatable bonds is 3. The maximum atomic E-state index is 5.29. The molecule has 0 aliphatic rings. The molecule has 96 valence electrons. The molecule has 0 aliphatic carbocycles. The highest BCUT2D eigenvalue weighted by Gasteiger charge is 2.17. The van der Waals surface area contributed by atoms with Crippen LogP contribution in [-0.4, -0.2) is 21.9 Å². The maximum absolute atomic E-state index is 5.29. The molecule has 0 aliphatic heterocycles. The summed E-state index contributed by atoms with van der Waals surface area (Å²) in [5, 5.41) is 16.7. The third kappa shape index (κ3) is 1.93. The number of nitrogens with zero attached hydrogens (tertiary/aromatic N) is 3. The lowest BCUT2D eigenvalue weighted by molar-refractivity contribution is 0.405. The summed E-state index contributed by atoms with van der Waals surface area (Å²) in [7, 11) is 0. The fourth-order valence-corrected chi connectivity index (χ4v) is 2.09. The number of anilines is 1. The Hall–Kier alpha value is -2.43. The lowest BCUT2D eigenvalue weighted by Gasteiger charge is -2.05. The van der Waals surface area contributed by atoms with Crippen molar-refractivity contribution < 1.29 is 4.52 Å². The standard InChI is InChI=1S/C14H14N4O/c1-3-15-14-13-11(9(2)19-18-13)12(16-17-14)10-7-5-4-6-8-10/h4-8H,3H2,1-2H3,(H,15,17). The summed E-state index contributed by atoms with van der Waals surface area (Å²) in [5.41, 5.74) is 2.54. The molecule has 0 saturated carbocycles. The van der Waals surface area contributed by atoms with E-state index in [9.17, 15) is 0 Å². The van der Waals surface area contributed by atoms with E-state index in [4.69, 9.17) is 4.52 Å². The summed E-state index contributed by atoms with van der Waals surface area (Å²) in [4.78, 5) is 0. The van der Waals surface area contributed by atoms with E-state index in [1.54, 1.807) is 0 Å². The Morgan fingerprint density at radius 3 is 2.68 bits per heavy atom. The van der Waals surface area contributed by atoms with Crippen LogP contribution in [0.4, 0.5) is 5.82 Å². The topological polar surface area (TPSA) is 63.8 Å². The molecule has 5 nitrogen and oxygen atoms in total. The van der Waals surface area contributed by atoms with Crippen molar-refractivity contribution in [3.63, 3.8) is 0 Å². The van der Waals surface area contributed by atoms with Crippen LogP contribution in [0.1, 0.15) is 12.7 Å². The van der Waals surface area contributed by atoms with E-state index in [0.29, 0.717) is 5.82 Å². The number of aromatic nitrogens is 3. The largest absolute Gasteiger partial charge is 0.367 e. The molecule has 0 atom stereocenters. The summed E-state index contributed by atoms with van der Waals surface area (Å²) in [6.07, 6.45) is 0. The third-order valence-electron chi connectivity index (χ3n) is 2.97. The van der Waals surface area contributed by atoms with Gasteiger partial charge in [0.1, 0.15) is 11.5 Å². The molecule has 0 unspecified atom stereocenters. The molecule has 2 heterocycles. The minimum absolute atomic E-state index is 0.661. The predicted molar refractivity (Wildman–Crippen MR) is 73.9 cm³/mol. The zero-order valence-electron chi connectivity index (χ0n) is 10.8. The van der Waals surface area contributed by atoms with Crippen LogP contribution in [0, 0.1) is 6.92 Å². The molecule has 1 N–H and O–H groups in total. The first kappa shape index (κ1) is 11.6. The van der Waals surface area contributed by atoms with Gasteiger partial charge in [0.05, 0.1) is 5.39 Å². The summed E-state index contributed by atoms with van der Waals surface area (Å²) in [5.74, 6) is 1.41. The van der Waals surface area contributed by atoms with Crippen molar-refractivity contribution in [3.05, 3.63) is 36.1 Å². The lowest BCUT2D eigenvalue weighted by atomic mass is 10.1. The first-order valence-electron chi connectivity index (χ1n) is 6.23. The van der Waals surface area contributed by atoms with Crippen LogP contribution >= 0.6 is 0 Å². The van der Waals surface area contributed by atoms with Crippen molar-refractivity contribution in [1.29, 1.82) is 0 Å². The van der Waals surface area contributed by atoms with Gasteiger partial charge < -0.3 is 9.84 Å². The van der Waals surface area contributed by atoms with Crippen LogP contribution < -0.4 is 5.32 Å². The van der Waals surface area contributed by atoms with Crippen LogP contribution in [0.25, 0.3) is 22.2 Å². The Kier molecular flexibility index (Phi) is 2.87. The van der Waals surface area contributed by atoms with Crippen molar-refractivity contribution in [2.24, 2.45) is 0 Å². The molecule has 3 rings (SSSR count). The normalized spacial score (nSPS) is 10.8. The van der Waals surface area contributed by atoms with Gasteiger partial charge in [0.2, 0.25) is 0 Å². The number of hydrogen-bond acceptors (Lipinski definition) is 5. The van der Waals surface area contributed by atoms with Crippen molar-refractivity contribution >= 4 is 16.7 Å². The Morgan fingerprint density at radius 1 is 1.16 bits per heavy atom. The van der Waals surface area contributed by atoms with Gasteiger partial charge in [-0.2, -0.15) is 0 Å². The van der Waals surface area contributed by atoms with Crippen LogP contribution in [0.3, 0.4) is 0 Å². The average molecular weight is 254 g/mol. The van der Waals surface area contributed by atoms with Gasteiger partial charge in [0.15, 0.2) is 11.3 Å². The average Bonchev–Trinajstić information content (AvgIpc) is 2.84. The number of hydrogen-bond donors (Lipinski definition) is 1. The second-order valence-corrected chi connectivity index (χ2v) is 4.26. The van der Waals surface area contributed by atoms with Crippen LogP contribution in [0.5, 0.6) is 0 Å². The van der Waals surface area contributed by atoms with Crippen molar-refractivity contribution in [2.45, 2.75) is 13.8 Å². The predicted octanol–water partition coefficient (Wildman–Crippen LogP) is 3.03. The molecule has 3 aromatic rings. The van der Waals surface area contributed by atoms with Crippen LogP contribution in [0.2, 0.25) is 0 Å². The number of nitrogens with one attached hydrogen (secondary N) is 1. The summed E-state index contributed by atoms with van der Waals surface area (Å²) in [6.45, 7) is 4.66. The summed E-state index contributed by atoms with van der Waals surface area (Å²) < 4.78 is 5.29. The molecule has 5 heteroatoms. The fourth-order valence-electron chi connectivity index (χ4n) is 2.09. The van der Waals surface area contributed by atoms with Crippen LogP contribution in [0.15, 0.2) is 34.9 Å². The second-order valence-electron chi connectivity index (χ2n) is 4.26. The van der Waals surface area contributed by atoms with Gasteiger partial charge in [-0.1, -0.05) is 35.5 Å². The molecule has 1 aromatic carbocycles. The molecule has 0 radical (unpaired) electrons. The Labute approximate surface area is 110 Å². The molecule has 0 spiro atoms. The van der Waals surface area contributed by atoms with Crippen molar-refractivity contribution in [3.8, 4) is 11.3 Å². The maximum Gasteiger partial charge on any atom is 0.178 e. The highest BCUT2D eigenvalue weighted by Crippen LogP contribution is 2.31. The molecular formula is C14H14N4O. The highest BCUT2D eigenvalue weighted by molar-refractivity contribution is 5.98. The van der Waals surface area contributed by atoms with Gasteiger partial charge in [0.25, 0.3) is 0 Å². The fraction of sp³-hybridized carbons (Fsp3) is 0.214. The minimum Gasteiger partial charge on any atom is -0.367 e. The van der Waals surface area contributed by atoms with E-state index in [-0.39, 0.29) is 0 Å². The number of aryl methyl sites for hydroxylation is 1. The van der Waals surface area contributed by atoms with Gasteiger partial charge in [-0.05, 0) is 13.8 Å². The molecule has 2 aromatic heterocycles. The van der Waals surface area contributed by atoms with E-state index < -0.39 is 0 Å². The Bertz CT molecular complexity index is 706. The number of benzene rings is 1.